The van der Waals surface area contributed by atoms with Crippen LogP contribution in [0.3, 0.4) is 0 Å². The number of nitrogens with two attached hydrogens (primary N) is 2. The van der Waals surface area contributed by atoms with E-state index in [-0.39, 0.29) is 5.60 Å². The molecule has 0 aliphatic heterocycles. The summed E-state index contributed by atoms with van der Waals surface area (Å²) >= 11 is 0. The van der Waals surface area contributed by atoms with E-state index in [1.807, 2.05) is 13.8 Å². The third-order valence-corrected chi connectivity index (χ3v) is 2.06. The van der Waals surface area contributed by atoms with Crippen LogP contribution in [-0.2, 0) is 11.2 Å². The second-order valence-electron chi connectivity index (χ2n) is 3.62. The van der Waals surface area contributed by atoms with Gasteiger partial charge in [0.1, 0.15) is 12.1 Å². The van der Waals surface area contributed by atoms with Gasteiger partial charge >= 0.3 is 0 Å². The quantitative estimate of drug-likeness (QED) is 0.655. The summed E-state index contributed by atoms with van der Waals surface area (Å²) in [7, 11) is 1.66. The molecule has 0 spiro atoms. The average Bonchev–Trinajstić information content (AvgIpc) is 2.36. The van der Waals surface area contributed by atoms with Crippen molar-refractivity contribution < 1.29 is 4.74 Å². The zero-order chi connectivity index (χ0) is 10.1. The molecule has 5 heteroatoms. The Bertz CT molecular complexity index is 292. The number of hydrogen-bond donors (Lipinski definition) is 2. The number of hydrogen-bond acceptors (Lipinski definition) is 4. The van der Waals surface area contributed by atoms with Crippen molar-refractivity contribution in [2.24, 2.45) is 0 Å². The maximum atomic E-state index is 5.68. The summed E-state index contributed by atoms with van der Waals surface area (Å²) in [5, 5.41) is 0. The number of nitrogens with zero attached hydrogens (tertiary/aromatic N) is 2. The molecule has 0 saturated carbocycles. The lowest BCUT2D eigenvalue weighted by molar-refractivity contribution is 0.0226. The largest absolute Gasteiger partial charge is 0.382 e. The Morgan fingerprint density at radius 3 is 2.62 bits per heavy atom. The van der Waals surface area contributed by atoms with Crippen molar-refractivity contribution in [1.82, 2.24) is 9.66 Å². The smallest absolute Gasteiger partial charge is 0.145 e. The third kappa shape index (κ3) is 2.12. The van der Waals surface area contributed by atoms with Gasteiger partial charge in [-0.3, -0.25) is 0 Å². The fraction of sp³-hybridized carbons (Fsp3) is 0.625. The average molecular weight is 184 g/mol. The molecule has 5 nitrogen and oxygen atoms in total. The number of anilines is 1. The highest BCUT2D eigenvalue weighted by Crippen LogP contribution is 2.18. The van der Waals surface area contributed by atoms with Gasteiger partial charge in [0.2, 0.25) is 0 Å². The first-order valence-corrected chi connectivity index (χ1v) is 4.08. The van der Waals surface area contributed by atoms with E-state index in [4.69, 9.17) is 16.3 Å². The zero-order valence-corrected chi connectivity index (χ0v) is 8.24. The molecule has 1 aromatic heterocycles. The van der Waals surface area contributed by atoms with Crippen molar-refractivity contribution >= 4 is 5.82 Å². The first-order chi connectivity index (χ1) is 5.96. The van der Waals surface area contributed by atoms with E-state index in [0.29, 0.717) is 12.2 Å². The van der Waals surface area contributed by atoms with E-state index in [0.717, 1.165) is 5.69 Å². The topological polar surface area (TPSA) is 79.1 Å². The molecule has 13 heavy (non-hydrogen) atoms. The van der Waals surface area contributed by atoms with Crippen LogP contribution in [0.2, 0.25) is 0 Å². The summed E-state index contributed by atoms with van der Waals surface area (Å²) in [6.45, 7) is 3.95. The van der Waals surface area contributed by atoms with Crippen LogP contribution < -0.4 is 11.6 Å². The van der Waals surface area contributed by atoms with Gasteiger partial charge in [-0.25, -0.2) is 9.66 Å². The van der Waals surface area contributed by atoms with Gasteiger partial charge in [0.05, 0.1) is 11.3 Å². The van der Waals surface area contributed by atoms with Gasteiger partial charge in [-0.15, -0.1) is 0 Å². The van der Waals surface area contributed by atoms with Crippen molar-refractivity contribution in [2.75, 3.05) is 18.7 Å². The highest BCUT2D eigenvalue weighted by atomic mass is 16.5. The zero-order valence-electron chi connectivity index (χ0n) is 8.24. The van der Waals surface area contributed by atoms with Crippen LogP contribution >= 0.6 is 0 Å². The van der Waals surface area contributed by atoms with Gasteiger partial charge < -0.3 is 16.3 Å². The Labute approximate surface area is 77.7 Å². The summed E-state index contributed by atoms with van der Waals surface area (Å²) in [4.78, 5) is 4.08. The number of imidazole rings is 1. The summed E-state index contributed by atoms with van der Waals surface area (Å²) in [6, 6.07) is 0. The molecule has 0 aliphatic carbocycles. The van der Waals surface area contributed by atoms with Crippen molar-refractivity contribution in [3.63, 3.8) is 0 Å². The van der Waals surface area contributed by atoms with Crippen LogP contribution in [0.1, 0.15) is 19.5 Å². The van der Waals surface area contributed by atoms with E-state index in [1.165, 1.54) is 11.0 Å². The van der Waals surface area contributed by atoms with Crippen molar-refractivity contribution in [2.45, 2.75) is 25.9 Å². The first kappa shape index (κ1) is 9.85. The molecule has 0 bridgehead atoms. The lowest BCUT2D eigenvalue weighted by Crippen LogP contribution is -2.26. The first-order valence-electron chi connectivity index (χ1n) is 4.08. The van der Waals surface area contributed by atoms with E-state index in [1.54, 1.807) is 7.11 Å². The molecule has 0 aliphatic rings. The molecule has 1 rings (SSSR count). The van der Waals surface area contributed by atoms with Crippen LogP contribution in [0, 0.1) is 0 Å². The van der Waals surface area contributed by atoms with Gasteiger partial charge in [-0.2, -0.15) is 0 Å². The van der Waals surface area contributed by atoms with E-state index in [2.05, 4.69) is 4.98 Å². The Hall–Kier alpha value is -1.23. The van der Waals surface area contributed by atoms with Gasteiger partial charge in [0.25, 0.3) is 0 Å². The van der Waals surface area contributed by atoms with Gasteiger partial charge in [-0.05, 0) is 13.8 Å². The minimum Gasteiger partial charge on any atom is -0.382 e. The molecular formula is C8H16N4O. The molecular weight excluding hydrogens is 168 g/mol. The second-order valence-corrected chi connectivity index (χ2v) is 3.62. The highest BCUT2D eigenvalue weighted by Gasteiger charge is 2.20. The monoisotopic (exact) mass is 184 g/mol. The standard InChI is InChI=1S/C8H16N4O/c1-8(2,13-3)4-6-7(9)12(10)5-11-6/h5H,4,9-10H2,1-3H3. The summed E-state index contributed by atoms with van der Waals surface area (Å²) in [5.74, 6) is 5.98. The maximum absolute atomic E-state index is 5.68. The molecule has 74 valence electrons. The van der Waals surface area contributed by atoms with Crippen molar-refractivity contribution in [3.8, 4) is 0 Å². The molecule has 1 aromatic rings. The van der Waals surface area contributed by atoms with E-state index in [9.17, 15) is 0 Å². The summed E-state index contributed by atoms with van der Waals surface area (Å²) in [5.41, 5.74) is 6.20. The second kappa shape index (κ2) is 3.26. The predicted octanol–water partition coefficient (Wildman–Crippen LogP) is 0.147. The Morgan fingerprint density at radius 2 is 2.23 bits per heavy atom. The fourth-order valence-electron chi connectivity index (χ4n) is 1.02. The maximum Gasteiger partial charge on any atom is 0.145 e. The van der Waals surface area contributed by atoms with Crippen molar-refractivity contribution in [1.29, 1.82) is 0 Å². The highest BCUT2D eigenvalue weighted by molar-refractivity contribution is 5.36. The molecule has 0 amide bonds. The Balaban J connectivity index is 2.80. The molecule has 0 atom stereocenters. The Kier molecular flexibility index (Phi) is 2.47. The van der Waals surface area contributed by atoms with E-state index < -0.39 is 0 Å². The molecule has 0 aromatic carbocycles. The SMILES string of the molecule is COC(C)(C)Cc1ncn(N)c1N. The predicted molar refractivity (Wildman–Crippen MR) is 51.6 cm³/mol. The number of rotatable bonds is 3. The summed E-state index contributed by atoms with van der Waals surface area (Å²) < 4.78 is 6.57. The molecule has 1 heterocycles. The minimum absolute atomic E-state index is 0.261. The summed E-state index contributed by atoms with van der Waals surface area (Å²) in [6.07, 6.45) is 2.15. The number of nitrogen functional groups attached to an aromatic ring is 2. The van der Waals surface area contributed by atoms with Crippen LogP contribution in [0.5, 0.6) is 0 Å². The number of ether oxygens (including phenoxy) is 1. The van der Waals surface area contributed by atoms with Gasteiger partial charge in [0, 0.05) is 13.5 Å². The van der Waals surface area contributed by atoms with Crippen molar-refractivity contribution in [3.05, 3.63) is 12.0 Å². The van der Waals surface area contributed by atoms with Crippen LogP contribution in [-0.4, -0.2) is 22.4 Å². The van der Waals surface area contributed by atoms with Gasteiger partial charge in [0.15, 0.2) is 0 Å². The molecule has 0 unspecified atom stereocenters. The van der Waals surface area contributed by atoms with Crippen LogP contribution in [0.25, 0.3) is 0 Å². The van der Waals surface area contributed by atoms with Gasteiger partial charge in [-0.1, -0.05) is 0 Å². The number of methoxy groups -OCH3 is 1. The molecule has 0 radical (unpaired) electrons. The molecule has 0 fully saturated rings. The fourth-order valence-corrected chi connectivity index (χ4v) is 1.02. The van der Waals surface area contributed by atoms with Crippen LogP contribution in [0.4, 0.5) is 5.82 Å². The number of aromatic nitrogens is 2. The van der Waals surface area contributed by atoms with E-state index >= 15 is 0 Å². The third-order valence-electron chi connectivity index (χ3n) is 2.06. The molecule has 0 saturated heterocycles. The molecule has 4 N–H and O–H groups in total. The minimum atomic E-state index is -0.261. The van der Waals surface area contributed by atoms with Crippen LogP contribution in [0.15, 0.2) is 6.33 Å². The Morgan fingerprint density at radius 1 is 1.62 bits per heavy atom. The lowest BCUT2D eigenvalue weighted by Gasteiger charge is -2.21. The lowest BCUT2D eigenvalue weighted by atomic mass is 10.0. The normalized spacial score (nSPS) is 11.9.